The predicted octanol–water partition coefficient (Wildman–Crippen LogP) is 2.85. The number of thiophene rings is 1. The molecule has 2 aromatic rings. The molecule has 2 amide bonds. The van der Waals surface area contributed by atoms with Crippen LogP contribution in [-0.2, 0) is 13.1 Å². The highest BCUT2D eigenvalue weighted by atomic mass is 32.1. The number of carbonyl (C=O) groups is 1. The molecule has 1 saturated heterocycles. The molecular weight excluding hydrogens is 320 g/mol. The molecule has 1 unspecified atom stereocenters. The van der Waals surface area contributed by atoms with Gasteiger partial charge in [-0.2, -0.15) is 0 Å². The van der Waals surface area contributed by atoms with Crippen molar-refractivity contribution in [1.82, 2.24) is 20.5 Å². The number of hydrogen-bond acceptors (Lipinski definition) is 4. The van der Waals surface area contributed by atoms with Gasteiger partial charge in [-0.1, -0.05) is 6.07 Å². The van der Waals surface area contributed by atoms with E-state index in [0.29, 0.717) is 12.5 Å². The molecule has 3 heterocycles. The molecule has 5 nitrogen and oxygen atoms in total. The van der Waals surface area contributed by atoms with E-state index >= 15 is 0 Å². The molecule has 0 spiro atoms. The fraction of sp³-hybridized carbons (Fsp3) is 0.444. The number of carbonyl (C=O) groups excluding carboxylic acids is 1. The Morgan fingerprint density at radius 3 is 2.96 bits per heavy atom. The van der Waals surface area contributed by atoms with Crippen molar-refractivity contribution in [3.8, 4) is 0 Å². The zero-order valence-corrected chi connectivity index (χ0v) is 14.6. The molecule has 128 valence electrons. The van der Waals surface area contributed by atoms with Crippen LogP contribution in [0.15, 0.2) is 42.0 Å². The summed E-state index contributed by atoms with van der Waals surface area (Å²) in [6.45, 7) is 4.51. The number of pyridine rings is 1. The van der Waals surface area contributed by atoms with Crippen LogP contribution in [-0.4, -0.2) is 35.5 Å². The van der Waals surface area contributed by atoms with Crippen LogP contribution in [0.1, 0.15) is 23.3 Å². The summed E-state index contributed by atoms with van der Waals surface area (Å²) in [6.07, 6.45) is 5.86. The zero-order chi connectivity index (χ0) is 16.6. The van der Waals surface area contributed by atoms with Gasteiger partial charge in [-0.15, -0.1) is 11.3 Å². The third kappa shape index (κ3) is 5.32. The molecule has 0 aliphatic carbocycles. The second-order valence-electron chi connectivity index (χ2n) is 6.24. The third-order valence-electron chi connectivity index (χ3n) is 4.32. The fourth-order valence-electron chi connectivity index (χ4n) is 3.07. The van der Waals surface area contributed by atoms with E-state index in [1.54, 1.807) is 12.4 Å². The molecule has 2 aromatic heterocycles. The summed E-state index contributed by atoms with van der Waals surface area (Å²) in [6, 6.07) is 8.02. The minimum Gasteiger partial charge on any atom is -0.338 e. The van der Waals surface area contributed by atoms with Gasteiger partial charge in [-0.25, -0.2) is 4.79 Å². The Morgan fingerprint density at radius 2 is 2.17 bits per heavy atom. The summed E-state index contributed by atoms with van der Waals surface area (Å²) >= 11 is 1.81. The molecule has 1 atom stereocenters. The Kier molecular flexibility index (Phi) is 6.20. The summed E-state index contributed by atoms with van der Waals surface area (Å²) in [7, 11) is 0. The quantitative estimate of drug-likeness (QED) is 0.847. The first-order valence-corrected chi connectivity index (χ1v) is 9.33. The first-order chi connectivity index (χ1) is 11.8. The summed E-state index contributed by atoms with van der Waals surface area (Å²) in [5.41, 5.74) is 1.06. The molecule has 6 heteroatoms. The van der Waals surface area contributed by atoms with Gasteiger partial charge in [0.25, 0.3) is 0 Å². The SMILES string of the molecule is O=C(NCc1ccncc1)NCC1CCCN(Cc2cccs2)C1. The number of nitrogens with zero attached hydrogens (tertiary/aromatic N) is 2. The highest BCUT2D eigenvalue weighted by Gasteiger charge is 2.20. The number of nitrogens with one attached hydrogen (secondary N) is 2. The van der Waals surface area contributed by atoms with Gasteiger partial charge in [0.05, 0.1) is 0 Å². The van der Waals surface area contributed by atoms with Crippen molar-refractivity contribution in [3.05, 3.63) is 52.5 Å². The van der Waals surface area contributed by atoms with Gasteiger partial charge in [0.1, 0.15) is 0 Å². The summed E-state index contributed by atoms with van der Waals surface area (Å²) < 4.78 is 0. The average Bonchev–Trinajstić information content (AvgIpc) is 3.12. The minimum atomic E-state index is -0.0952. The number of urea groups is 1. The maximum Gasteiger partial charge on any atom is 0.315 e. The second-order valence-corrected chi connectivity index (χ2v) is 7.27. The largest absolute Gasteiger partial charge is 0.338 e. The molecule has 0 saturated carbocycles. The van der Waals surface area contributed by atoms with Gasteiger partial charge in [0.15, 0.2) is 0 Å². The molecular formula is C18H24N4OS. The maximum absolute atomic E-state index is 11.9. The van der Waals surface area contributed by atoms with Crippen LogP contribution >= 0.6 is 11.3 Å². The van der Waals surface area contributed by atoms with Crippen LogP contribution in [0.5, 0.6) is 0 Å². The van der Waals surface area contributed by atoms with Crippen molar-refractivity contribution in [1.29, 1.82) is 0 Å². The Labute approximate surface area is 147 Å². The lowest BCUT2D eigenvalue weighted by Gasteiger charge is -2.32. The van der Waals surface area contributed by atoms with Crippen LogP contribution in [0.25, 0.3) is 0 Å². The number of piperidine rings is 1. The number of likely N-dealkylation sites (tertiary alicyclic amines) is 1. The van der Waals surface area contributed by atoms with Gasteiger partial charge in [0, 0.05) is 43.4 Å². The van der Waals surface area contributed by atoms with E-state index in [4.69, 9.17) is 0 Å². The number of aromatic nitrogens is 1. The smallest absolute Gasteiger partial charge is 0.315 e. The highest BCUT2D eigenvalue weighted by molar-refractivity contribution is 7.09. The van der Waals surface area contributed by atoms with Crippen LogP contribution in [0.2, 0.25) is 0 Å². The zero-order valence-electron chi connectivity index (χ0n) is 13.8. The molecule has 1 aliphatic rings. The highest BCUT2D eigenvalue weighted by Crippen LogP contribution is 2.19. The predicted molar refractivity (Wildman–Crippen MR) is 96.8 cm³/mol. The Morgan fingerprint density at radius 1 is 1.29 bits per heavy atom. The second kappa shape index (κ2) is 8.80. The molecule has 24 heavy (non-hydrogen) atoms. The molecule has 0 bridgehead atoms. The number of rotatable bonds is 6. The van der Waals surface area contributed by atoms with Gasteiger partial charge < -0.3 is 10.6 Å². The van der Waals surface area contributed by atoms with Gasteiger partial charge >= 0.3 is 6.03 Å². The summed E-state index contributed by atoms with van der Waals surface area (Å²) in [5, 5.41) is 8.04. The van der Waals surface area contributed by atoms with E-state index in [1.807, 2.05) is 23.5 Å². The van der Waals surface area contributed by atoms with Gasteiger partial charge in [-0.05, 0) is 54.4 Å². The Balaban J connectivity index is 1.37. The van der Waals surface area contributed by atoms with Crippen molar-refractivity contribution < 1.29 is 4.79 Å². The van der Waals surface area contributed by atoms with E-state index in [-0.39, 0.29) is 6.03 Å². The average molecular weight is 344 g/mol. The molecule has 1 aliphatic heterocycles. The van der Waals surface area contributed by atoms with E-state index in [0.717, 1.165) is 31.7 Å². The van der Waals surface area contributed by atoms with Crippen LogP contribution in [0, 0.1) is 5.92 Å². The normalized spacial score (nSPS) is 18.2. The van der Waals surface area contributed by atoms with E-state index in [1.165, 1.54) is 17.7 Å². The standard InChI is InChI=1S/C18H24N4OS/c23-18(20-11-15-5-7-19-8-6-15)21-12-16-3-1-9-22(13-16)14-17-4-2-10-24-17/h2,4-8,10,16H,1,3,9,11-14H2,(H2,20,21,23). The third-order valence-corrected chi connectivity index (χ3v) is 5.18. The lowest BCUT2D eigenvalue weighted by Crippen LogP contribution is -2.43. The van der Waals surface area contributed by atoms with E-state index < -0.39 is 0 Å². The van der Waals surface area contributed by atoms with Gasteiger partial charge in [-0.3, -0.25) is 9.88 Å². The Bertz CT molecular complexity index is 617. The van der Waals surface area contributed by atoms with Crippen molar-refractivity contribution in [3.63, 3.8) is 0 Å². The molecule has 0 aromatic carbocycles. The molecule has 3 rings (SSSR count). The topological polar surface area (TPSA) is 57.3 Å². The molecule has 0 radical (unpaired) electrons. The first-order valence-electron chi connectivity index (χ1n) is 8.45. The number of amides is 2. The maximum atomic E-state index is 11.9. The monoisotopic (exact) mass is 344 g/mol. The van der Waals surface area contributed by atoms with E-state index in [2.05, 4.69) is 38.0 Å². The summed E-state index contributed by atoms with van der Waals surface area (Å²) in [5.74, 6) is 0.533. The van der Waals surface area contributed by atoms with Crippen molar-refractivity contribution >= 4 is 17.4 Å². The lowest BCUT2D eigenvalue weighted by atomic mass is 9.98. The first kappa shape index (κ1) is 16.9. The Hall–Kier alpha value is -1.92. The van der Waals surface area contributed by atoms with Crippen LogP contribution < -0.4 is 10.6 Å². The van der Waals surface area contributed by atoms with Crippen molar-refractivity contribution in [2.24, 2.45) is 5.92 Å². The number of hydrogen-bond donors (Lipinski definition) is 2. The van der Waals surface area contributed by atoms with E-state index in [9.17, 15) is 4.79 Å². The van der Waals surface area contributed by atoms with Crippen molar-refractivity contribution in [2.75, 3.05) is 19.6 Å². The summed E-state index contributed by atoms with van der Waals surface area (Å²) in [4.78, 5) is 19.8. The van der Waals surface area contributed by atoms with Crippen molar-refractivity contribution in [2.45, 2.75) is 25.9 Å². The van der Waals surface area contributed by atoms with Crippen LogP contribution in [0.4, 0.5) is 4.79 Å². The van der Waals surface area contributed by atoms with Crippen LogP contribution in [0.3, 0.4) is 0 Å². The van der Waals surface area contributed by atoms with Gasteiger partial charge in [0.2, 0.25) is 0 Å². The minimum absolute atomic E-state index is 0.0952. The molecule has 2 N–H and O–H groups in total. The molecule has 1 fully saturated rings. The lowest BCUT2D eigenvalue weighted by molar-refractivity contribution is 0.166. The fourth-order valence-corrected chi connectivity index (χ4v) is 3.81.